The highest BCUT2D eigenvalue weighted by Gasteiger charge is 2.32. The summed E-state index contributed by atoms with van der Waals surface area (Å²) in [7, 11) is 1.67. The molecule has 0 aromatic heterocycles. The number of fused-ring (bicyclic) bond motifs is 1. The molecule has 1 aromatic carbocycles. The number of hydrogen-bond acceptors (Lipinski definition) is 4. The lowest BCUT2D eigenvalue weighted by molar-refractivity contribution is -0.146. The molecule has 0 radical (unpaired) electrons. The van der Waals surface area contributed by atoms with E-state index in [2.05, 4.69) is 6.07 Å². The molecule has 2 amide bonds. The van der Waals surface area contributed by atoms with E-state index in [1.54, 1.807) is 23.7 Å². The highest BCUT2D eigenvalue weighted by atomic mass is 32.2. The van der Waals surface area contributed by atoms with Gasteiger partial charge in [0.15, 0.2) is 0 Å². The minimum absolute atomic E-state index is 0.0375. The third-order valence-corrected chi connectivity index (χ3v) is 6.39. The van der Waals surface area contributed by atoms with Crippen molar-refractivity contribution in [2.24, 2.45) is 5.92 Å². The summed E-state index contributed by atoms with van der Waals surface area (Å²) in [6, 6.07) is 8.00. The van der Waals surface area contributed by atoms with Crippen LogP contribution in [0.3, 0.4) is 0 Å². The minimum atomic E-state index is -0.794. The molecule has 2 heterocycles. The Hall–Kier alpha value is -2.02. The maximum absolute atomic E-state index is 12.9. The Bertz CT molecular complexity index is 701. The van der Waals surface area contributed by atoms with E-state index in [9.17, 15) is 14.4 Å². The number of thioether (sulfide) groups is 1. The van der Waals surface area contributed by atoms with Crippen LogP contribution in [0.1, 0.15) is 29.2 Å². The van der Waals surface area contributed by atoms with Crippen molar-refractivity contribution in [3.05, 3.63) is 35.4 Å². The van der Waals surface area contributed by atoms with Gasteiger partial charge in [0.25, 0.3) is 0 Å². The summed E-state index contributed by atoms with van der Waals surface area (Å²) in [5, 5.41) is 8.79. The van der Waals surface area contributed by atoms with Gasteiger partial charge in [-0.25, -0.2) is 0 Å². The number of benzene rings is 1. The average molecular weight is 376 g/mol. The molecule has 0 saturated carbocycles. The van der Waals surface area contributed by atoms with E-state index in [0.717, 1.165) is 17.7 Å². The fourth-order valence-electron chi connectivity index (χ4n) is 3.56. The summed E-state index contributed by atoms with van der Waals surface area (Å²) < 4.78 is 0. The van der Waals surface area contributed by atoms with Gasteiger partial charge in [-0.3, -0.25) is 14.4 Å². The number of carboxylic acid groups (broad SMARTS) is 1. The fourth-order valence-corrected chi connectivity index (χ4v) is 4.86. The molecule has 26 heavy (non-hydrogen) atoms. The van der Waals surface area contributed by atoms with Crippen molar-refractivity contribution in [2.45, 2.75) is 24.5 Å². The Balaban J connectivity index is 1.58. The molecule has 1 N–H and O–H groups in total. The number of nitrogens with zero attached hydrogens (tertiary/aromatic N) is 2. The van der Waals surface area contributed by atoms with E-state index in [1.165, 1.54) is 10.5 Å². The van der Waals surface area contributed by atoms with E-state index in [4.69, 9.17) is 5.11 Å². The van der Waals surface area contributed by atoms with Crippen molar-refractivity contribution in [3.63, 3.8) is 0 Å². The van der Waals surface area contributed by atoms with Crippen LogP contribution in [0.2, 0.25) is 0 Å². The molecule has 7 heteroatoms. The second kappa shape index (κ2) is 8.12. The summed E-state index contributed by atoms with van der Waals surface area (Å²) in [5.74, 6) is -0.418. The number of amides is 2. The number of aliphatic carboxylic acids is 1. The highest BCUT2D eigenvalue weighted by Crippen LogP contribution is 2.37. The number of piperidine rings is 1. The number of carbonyl (C=O) groups excluding carboxylic acids is 2. The van der Waals surface area contributed by atoms with Gasteiger partial charge >= 0.3 is 5.97 Å². The van der Waals surface area contributed by atoms with Crippen molar-refractivity contribution in [1.29, 1.82) is 0 Å². The largest absolute Gasteiger partial charge is 0.481 e. The molecular weight excluding hydrogens is 352 g/mol. The zero-order valence-electron chi connectivity index (χ0n) is 14.9. The summed E-state index contributed by atoms with van der Waals surface area (Å²) in [6.45, 7) is 0.924. The van der Waals surface area contributed by atoms with E-state index >= 15 is 0 Å². The van der Waals surface area contributed by atoms with Crippen LogP contribution in [0.4, 0.5) is 0 Å². The monoisotopic (exact) mass is 376 g/mol. The number of likely N-dealkylation sites (N-methyl/N-ethyl adjacent to an activating group) is 1. The Morgan fingerprint density at radius 2 is 1.92 bits per heavy atom. The van der Waals surface area contributed by atoms with Crippen molar-refractivity contribution >= 4 is 29.5 Å². The lowest BCUT2D eigenvalue weighted by Crippen LogP contribution is -2.46. The zero-order valence-corrected chi connectivity index (χ0v) is 15.7. The van der Waals surface area contributed by atoms with E-state index < -0.39 is 5.97 Å². The van der Waals surface area contributed by atoms with Crippen LogP contribution in [0.25, 0.3) is 0 Å². The first-order chi connectivity index (χ1) is 12.5. The molecule has 1 aromatic rings. The van der Waals surface area contributed by atoms with Gasteiger partial charge < -0.3 is 14.9 Å². The molecule has 1 saturated heterocycles. The highest BCUT2D eigenvalue weighted by molar-refractivity contribution is 8.00. The Kier molecular flexibility index (Phi) is 5.86. The SMILES string of the molecule is CN(CC(=O)N1CCC(C(=O)O)CC1)C(=O)C1SCCc2ccccc21. The van der Waals surface area contributed by atoms with Gasteiger partial charge in [-0.05, 0) is 36.1 Å². The predicted octanol–water partition coefficient (Wildman–Crippen LogP) is 1.80. The van der Waals surface area contributed by atoms with Gasteiger partial charge in [0.1, 0.15) is 5.25 Å². The number of hydrogen-bond donors (Lipinski definition) is 1. The smallest absolute Gasteiger partial charge is 0.306 e. The van der Waals surface area contributed by atoms with Crippen LogP contribution in [-0.2, 0) is 20.8 Å². The lowest BCUT2D eigenvalue weighted by Gasteiger charge is -2.32. The predicted molar refractivity (Wildman–Crippen MR) is 99.9 cm³/mol. The normalized spacial score (nSPS) is 20.3. The van der Waals surface area contributed by atoms with Crippen molar-refractivity contribution < 1.29 is 19.5 Å². The molecule has 1 atom stereocenters. The van der Waals surface area contributed by atoms with E-state index in [-0.39, 0.29) is 29.5 Å². The summed E-state index contributed by atoms with van der Waals surface area (Å²) in [5.41, 5.74) is 2.26. The van der Waals surface area contributed by atoms with Crippen molar-refractivity contribution in [2.75, 3.05) is 32.4 Å². The first-order valence-electron chi connectivity index (χ1n) is 8.92. The molecule has 0 spiro atoms. The van der Waals surface area contributed by atoms with Gasteiger partial charge in [-0.15, -0.1) is 11.8 Å². The number of carbonyl (C=O) groups is 3. The maximum atomic E-state index is 12.9. The minimum Gasteiger partial charge on any atom is -0.481 e. The van der Waals surface area contributed by atoms with Crippen molar-refractivity contribution in [3.8, 4) is 0 Å². The lowest BCUT2D eigenvalue weighted by atomic mass is 9.97. The molecule has 6 nitrogen and oxygen atoms in total. The number of rotatable bonds is 4. The van der Waals surface area contributed by atoms with Gasteiger partial charge in [-0.1, -0.05) is 24.3 Å². The maximum Gasteiger partial charge on any atom is 0.306 e. The third kappa shape index (κ3) is 4.03. The molecular formula is C19H24N2O4S. The molecule has 1 fully saturated rings. The Morgan fingerprint density at radius 1 is 1.23 bits per heavy atom. The zero-order chi connectivity index (χ0) is 18.7. The van der Waals surface area contributed by atoms with Crippen molar-refractivity contribution in [1.82, 2.24) is 9.80 Å². The molecule has 1 unspecified atom stereocenters. The Morgan fingerprint density at radius 3 is 2.62 bits per heavy atom. The second-order valence-electron chi connectivity index (χ2n) is 6.89. The molecule has 2 aliphatic rings. The molecule has 0 bridgehead atoms. The van der Waals surface area contributed by atoms with Gasteiger partial charge in [0.2, 0.25) is 11.8 Å². The second-order valence-corrected chi connectivity index (χ2v) is 8.10. The Labute approximate surface area is 157 Å². The summed E-state index contributed by atoms with van der Waals surface area (Å²) in [4.78, 5) is 39.6. The van der Waals surface area contributed by atoms with Crippen LogP contribution in [0, 0.1) is 5.92 Å². The quantitative estimate of drug-likeness (QED) is 0.867. The fraction of sp³-hybridized carbons (Fsp3) is 0.526. The summed E-state index contributed by atoms with van der Waals surface area (Å²) >= 11 is 1.63. The number of likely N-dealkylation sites (tertiary alicyclic amines) is 1. The first kappa shape index (κ1) is 18.8. The van der Waals surface area contributed by atoms with Crippen LogP contribution >= 0.6 is 11.8 Å². The van der Waals surface area contributed by atoms with Crippen LogP contribution in [0.15, 0.2) is 24.3 Å². The standard InChI is InChI=1S/C19H24N2O4S/c1-20(12-16(22)21-9-6-14(7-10-21)19(24)25)18(23)17-15-5-3-2-4-13(15)8-11-26-17/h2-5,14,17H,6-12H2,1H3,(H,24,25). The average Bonchev–Trinajstić information content (AvgIpc) is 2.66. The van der Waals surface area contributed by atoms with Gasteiger partial charge in [-0.2, -0.15) is 0 Å². The first-order valence-corrected chi connectivity index (χ1v) is 9.97. The topological polar surface area (TPSA) is 77.9 Å². The van der Waals surface area contributed by atoms with Crippen LogP contribution in [-0.4, -0.2) is 65.1 Å². The number of aryl methyl sites for hydroxylation is 1. The van der Waals surface area contributed by atoms with Crippen LogP contribution < -0.4 is 0 Å². The summed E-state index contributed by atoms with van der Waals surface area (Å²) in [6.07, 6.45) is 1.92. The van der Waals surface area contributed by atoms with E-state index in [1.807, 2.05) is 18.2 Å². The molecule has 2 aliphatic heterocycles. The molecule has 0 aliphatic carbocycles. The van der Waals surface area contributed by atoms with Gasteiger partial charge in [0, 0.05) is 20.1 Å². The molecule has 140 valence electrons. The van der Waals surface area contributed by atoms with E-state index in [0.29, 0.717) is 25.9 Å². The van der Waals surface area contributed by atoms with Crippen LogP contribution in [0.5, 0.6) is 0 Å². The molecule has 3 rings (SSSR count). The number of carboxylic acids is 1. The van der Waals surface area contributed by atoms with Gasteiger partial charge in [0.05, 0.1) is 12.5 Å². The third-order valence-electron chi connectivity index (χ3n) is 5.16.